The maximum Gasteiger partial charge on any atom is 0.306 e. The van der Waals surface area contributed by atoms with Gasteiger partial charge < -0.3 is 14.2 Å². The Morgan fingerprint density at radius 3 is 0.773 bits per heavy atom. The van der Waals surface area contributed by atoms with Crippen molar-refractivity contribution in [2.75, 3.05) is 13.2 Å². The average Bonchev–Trinajstić information content (AvgIpc) is 3.41. The van der Waals surface area contributed by atoms with Crippen molar-refractivity contribution >= 4 is 17.9 Å². The van der Waals surface area contributed by atoms with Gasteiger partial charge in [0.05, 0.1) is 0 Å². The van der Waals surface area contributed by atoms with Crippen molar-refractivity contribution < 1.29 is 28.6 Å². The highest BCUT2D eigenvalue weighted by Crippen LogP contribution is 2.16. The van der Waals surface area contributed by atoms with Crippen molar-refractivity contribution in [3.8, 4) is 0 Å². The van der Waals surface area contributed by atoms with Gasteiger partial charge in [-0.05, 0) is 116 Å². The van der Waals surface area contributed by atoms with Crippen LogP contribution in [-0.4, -0.2) is 37.2 Å². The van der Waals surface area contributed by atoms with Crippen LogP contribution >= 0.6 is 0 Å². The lowest BCUT2D eigenvalue weighted by atomic mass is 10.1. The van der Waals surface area contributed by atoms with Crippen LogP contribution in [0.1, 0.15) is 329 Å². The molecule has 0 aliphatic rings. The van der Waals surface area contributed by atoms with Crippen molar-refractivity contribution in [1.29, 1.82) is 0 Å². The number of unbranched alkanes of at least 4 members (excludes halogenated alkanes) is 36. The van der Waals surface area contributed by atoms with E-state index in [2.05, 4.69) is 93.7 Å². The molecule has 0 rings (SSSR count). The summed E-state index contributed by atoms with van der Waals surface area (Å²) in [4.78, 5) is 38.4. The van der Waals surface area contributed by atoms with Gasteiger partial charge in [0.2, 0.25) is 0 Å². The van der Waals surface area contributed by atoms with Crippen LogP contribution in [0.3, 0.4) is 0 Å². The van der Waals surface area contributed by atoms with E-state index in [1.807, 2.05) is 0 Å². The van der Waals surface area contributed by atoms with Crippen LogP contribution in [0.4, 0.5) is 0 Å². The minimum Gasteiger partial charge on any atom is -0.462 e. The third-order valence-electron chi connectivity index (χ3n) is 14.2. The molecule has 0 fully saturated rings. The smallest absolute Gasteiger partial charge is 0.306 e. The van der Waals surface area contributed by atoms with E-state index in [1.54, 1.807) is 0 Å². The van der Waals surface area contributed by atoms with Gasteiger partial charge >= 0.3 is 17.9 Å². The van der Waals surface area contributed by atoms with Crippen LogP contribution in [0.2, 0.25) is 0 Å². The number of rotatable bonds is 59. The maximum absolute atomic E-state index is 12.9. The van der Waals surface area contributed by atoms with Gasteiger partial charge in [-0.1, -0.05) is 267 Å². The largest absolute Gasteiger partial charge is 0.462 e. The molecule has 0 bridgehead atoms. The average molecular weight is 1050 g/mol. The molecule has 0 spiro atoms. The molecule has 75 heavy (non-hydrogen) atoms. The van der Waals surface area contributed by atoms with E-state index in [4.69, 9.17) is 14.2 Å². The second-order valence-electron chi connectivity index (χ2n) is 21.7. The van der Waals surface area contributed by atoms with Crippen LogP contribution in [0.15, 0.2) is 72.9 Å². The highest BCUT2D eigenvalue weighted by molar-refractivity contribution is 5.71. The Morgan fingerprint density at radius 1 is 0.267 bits per heavy atom. The van der Waals surface area contributed by atoms with Gasteiger partial charge in [-0.25, -0.2) is 0 Å². The fraction of sp³-hybridized carbons (Fsp3) is 0.783. The monoisotopic (exact) mass is 1050 g/mol. The minimum atomic E-state index is -0.789. The van der Waals surface area contributed by atoms with Gasteiger partial charge in [-0.3, -0.25) is 14.4 Å². The quantitative estimate of drug-likeness (QED) is 0.0261. The standard InChI is InChI=1S/C69H122O6/c1-4-7-10-13-16-19-22-25-28-31-34-35-36-39-41-44-47-50-53-56-59-62-68(71)74-65-66(75-69(72)63-60-57-54-51-48-45-42-38-33-30-27-24-21-18-15-12-9-6-3)64-73-67(70)61-58-55-52-49-46-43-40-37-32-29-26-23-20-17-14-11-8-5-2/h21-22,24-25,29-34,36,39,66H,4-20,23,26-28,35,37-38,40-65H2,1-3H3/b24-21-,25-22-,32-29-,33-30-,34-31-,39-36-. The van der Waals surface area contributed by atoms with E-state index >= 15 is 0 Å². The number of carbonyl (C=O) groups excluding carboxylic acids is 3. The molecule has 0 saturated heterocycles. The van der Waals surface area contributed by atoms with Gasteiger partial charge in [0, 0.05) is 19.3 Å². The first-order chi connectivity index (χ1) is 37.0. The number of allylic oxidation sites excluding steroid dienone is 12. The summed E-state index contributed by atoms with van der Waals surface area (Å²) in [7, 11) is 0. The summed E-state index contributed by atoms with van der Waals surface area (Å²) in [5.74, 6) is -0.894. The second-order valence-corrected chi connectivity index (χ2v) is 21.7. The van der Waals surface area contributed by atoms with Gasteiger partial charge in [-0.2, -0.15) is 0 Å². The summed E-state index contributed by atoms with van der Waals surface area (Å²) in [6.45, 7) is 6.63. The Balaban J connectivity index is 4.41. The van der Waals surface area contributed by atoms with Crippen molar-refractivity contribution in [3.63, 3.8) is 0 Å². The zero-order chi connectivity index (χ0) is 54.3. The molecule has 0 N–H and O–H groups in total. The van der Waals surface area contributed by atoms with E-state index < -0.39 is 6.10 Å². The van der Waals surface area contributed by atoms with Crippen LogP contribution in [-0.2, 0) is 28.6 Å². The topological polar surface area (TPSA) is 78.9 Å². The van der Waals surface area contributed by atoms with E-state index in [1.165, 1.54) is 199 Å². The molecule has 0 saturated carbocycles. The molecular weight excluding hydrogens is 925 g/mol. The molecule has 0 aliphatic carbocycles. The molecule has 0 amide bonds. The third kappa shape index (κ3) is 61.6. The van der Waals surface area contributed by atoms with Crippen molar-refractivity contribution in [3.05, 3.63) is 72.9 Å². The lowest BCUT2D eigenvalue weighted by molar-refractivity contribution is -0.167. The summed E-state index contributed by atoms with van der Waals surface area (Å²) in [5.41, 5.74) is 0. The zero-order valence-corrected chi connectivity index (χ0v) is 49.8. The predicted molar refractivity (Wildman–Crippen MR) is 325 cm³/mol. The molecule has 1 atom stereocenters. The van der Waals surface area contributed by atoms with E-state index in [0.29, 0.717) is 19.3 Å². The Hall–Kier alpha value is -3.15. The highest BCUT2D eigenvalue weighted by atomic mass is 16.6. The number of hydrogen-bond donors (Lipinski definition) is 0. The van der Waals surface area contributed by atoms with Crippen LogP contribution in [0.25, 0.3) is 0 Å². The van der Waals surface area contributed by atoms with Crippen LogP contribution < -0.4 is 0 Å². The summed E-state index contributed by atoms with van der Waals surface area (Å²) < 4.78 is 16.9. The van der Waals surface area contributed by atoms with Crippen LogP contribution in [0.5, 0.6) is 0 Å². The summed E-state index contributed by atoms with van der Waals surface area (Å²) >= 11 is 0. The molecule has 0 heterocycles. The van der Waals surface area contributed by atoms with Gasteiger partial charge in [0.15, 0.2) is 6.10 Å². The Labute approximate surface area is 465 Å². The van der Waals surface area contributed by atoms with Crippen molar-refractivity contribution in [2.45, 2.75) is 335 Å². The zero-order valence-electron chi connectivity index (χ0n) is 49.8. The van der Waals surface area contributed by atoms with Crippen LogP contribution in [0, 0.1) is 0 Å². The van der Waals surface area contributed by atoms with Gasteiger partial charge in [0.25, 0.3) is 0 Å². The Morgan fingerprint density at radius 2 is 0.480 bits per heavy atom. The highest BCUT2D eigenvalue weighted by Gasteiger charge is 2.19. The molecule has 1 unspecified atom stereocenters. The molecule has 0 aromatic carbocycles. The molecule has 6 nitrogen and oxygen atoms in total. The number of carbonyl (C=O) groups is 3. The minimum absolute atomic E-state index is 0.0841. The molecule has 0 radical (unpaired) electrons. The lowest BCUT2D eigenvalue weighted by Gasteiger charge is -2.18. The first-order valence-electron chi connectivity index (χ1n) is 32.4. The lowest BCUT2D eigenvalue weighted by Crippen LogP contribution is -2.30. The molecule has 0 aromatic heterocycles. The van der Waals surface area contributed by atoms with E-state index in [-0.39, 0.29) is 31.1 Å². The fourth-order valence-corrected chi connectivity index (χ4v) is 9.24. The second kappa shape index (κ2) is 63.4. The van der Waals surface area contributed by atoms with Gasteiger partial charge in [-0.15, -0.1) is 0 Å². The molecule has 434 valence electrons. The fourth-order valence-electron chi connectivity index (χ4n) is 9.24. The molecule has 6 heteroatoms. The first-order valence-corrected chi connectivity index (χ1v) is 32.4. The predicted octanol–water partition coefficient (Wildman–Crippen LogP) is 22.1. The number of ether oxygens (including phenoxy) is 3. The molecule has 0 aliphatic heterocycles. The van der Waals surface area contributed by atoms with Crippen molar-refractivity contribution in [1.82, 2.24) is 0 Å². The van der Waals surface area contributed by atoms with Gasteiger partial charge in [0.1, 0.15) is 13.2 Å². The summed E-state index contributed by atoms with van der Waals surface area (Å²) in [6, 6.07) is 0. The Kier molecular flexibility index (Phi) is 60.7. The third-order valence-corrected chi connectivity index (χ3v) is 14.2. The maximum atomic E-state index is 12.9. The normalized spacial score (nSPS) is 12.5. The van der Waals surface area contributed by atoms with Crippen molar-refractivity contribution in [2.24, 2.45) is 0 Å². The molecular formula is C69H122O6. The SMILES string of the molecule is CCCCCC/C=C\C/C=C\CCCCCCCCCC(=O)OC(COC(=O)CCCCCCCC/C=C\C/C=C\C/C=C\CCCCCCC)COC(=O)CCCCCCCCC/C=C\CCCCCCCCC. The first kappa shape index (κ1) is 71.8. The Bertz CT molecular complexity index is 1390. The summed E-state index contributed by atoms with van der Waals surface area (Å²) in [5, 5.41) is 0. The molecule has 0 aromatic rings. The number of hydrogen-bond acceptors (Lipinski definition) is 6. The summed E-state index contributed by atoms with van der Waals surface area (Å²) in [6.07, 6.45) is 81.8. The van der Waals surface area contributed by atoms with E-state index in [9.17, 15) is 14.4 Å². The van der Waals surface area contributed by atoms with E-state index in [0.717, 1.165) is 89.9 Å². The number of esters is 3.